The van der Waals surface area contributed by atoms with Crippen LogP contribution >= 0.6 is 23.8 Å². The zero-order valence-corrected chi connectivity index (χ0v) is 10.1. The highest BCUT2D eigenvalue weighted by atomic mass is 35.5. The predicted molar refractivity (Wildman–Crippen MR) is 67.6 cm³/mol. The molecule has 82 valence electrons. The Morgan fingerprint density at radius 2 is 2.20 bits per heavy atom. The molecule has 0 bridgehead atoms. The molecular weight excluding hydrogens is 230 g/mol. The van der Waals surface area contributed by atoms with Crippen LogP contribution in [0.3, 0.4) is 0 Å². The summed E-state index contributed by atoms with van der Waals surface area (Å²) in [7, 11) is 0. The number of rotatable bonds is 5. The highest BCUT2D eigenvalue weighted by Gasteiger charge is 2.11. The fourth-order valence-corrected chi connectivity index (χ4v) is 1.58. The van der Waals surface area contributed by atoms with Crippen molar-refractivity contribution in [2.24, 2.45) is 5.73 Å². The Morgan fingerprint density at radius 1 is 1.53 bits per heavy atom. The van der Waals surface area contributed by atoms with E-state index in [1.165, 1.54) is 0 Å². The number of hydrogen-bond acceptors (Lipinski definition) is 2. The predicted octanol–water partition coefficient (Wildman–Crippen LogP) is 3.17. The third-order valence-corrected chi connectivity index (χ3v) is 2.49. The van der Waals surface area contributed by atoms with Crippen LogP contribution in [-0.4, -0.2) is 11.1 Å². The third-order valence-electron chi connectivity index (χ3n) is 2.01. The van der Waals surface area contributed by atoms with Crippen LogP contribution in [-0.2, 0) is 0 Å². The van der Waals surface area contributed by atoms with E-state index in [-0.39, 0.29) is 6.10 Å². The summed E-state index contributed by atoms with van der Waals surface area (Å²) >= 11 is 10.8. The maximum Gasteiger partial charge on any atom is 0.138 e. The molecule has 0 heterocycles. The molecule has 1 rings (SSSR count). The first-order chi connectivity index (χ1) is 7.13. The molecule has 1 aromatic rings. The number of hydrogen-bond donors (Lipinski definition) is 1. The number of halogens is 1. The van der Waals surface area contributed by atoms with Gasteiger partial charge in [0.25, 0.3) is 0 Å². The molecule has 0 fully saturated rings. The van der Waals surface area contributed by atoms with E-state index in [1.807, 2.05) is 25.1 Å². The van der Waals surface area contributed by atoms with Gasteiger partial charge in [0.05, 0.1) is 10.0 Å². The van der Waals surface area contributed by atoms with Crippen LogP contribution in [0.2, 0.25) is 5.02 Å². The Kier molecular flexibility index (Phi) is 4.85. The third kappa shape index (κ3) is 4.06. The molecule has 0 aliphatic rings. The van der Waals surface area contributed by atoms with E-state index in [2.05, 4.69) is 0 Å². The van der Waals surface area contributed by atoms with Gasteiger partial charge in [-0.15, -0.1) is 0 Å². The number of ether oxygens (including phenoxy) is 1. The van der Waals surface area contributed by atoms with Crippen molar-refractivity contribution < 1.29 is 4.74 Å². The van der Waals surface area contributed by atoms with Crippen LogP contribution in [0.4, 0.5) is 0 Å². The van der Waals surface area contributed by atoms with Crippen molar-refractivity contribution >= 4 is 28.8 Å². The Hall–Kier alpha value is -0.800. The van der Waals surface area contributed by atoms with Crippen molar-refractivity contribution in [1.82, 2.24) is 0 Å². The van der Waals surface area contributed by atoms with Gasteiger partial charge in [-0.25, -0.2) is 0 Å². The molecule has 2 nitrogen and oxygen atoms in total. The summed E-state index contributed by atoms with van der Waals surface area (Å²) in [6.45, 7) is 2.03. The van der Waals surface area contributed by atoms with Crippen LogP contribution in [0.5, 0.6) is 5.75 Å². The molecule has 1 unspecified atom stereocenters. The second-order valence-electron chi connectivity index (χ2n) is 3.25. The number of thiocarbonyl (C=S) groups is 1. The van der Waals surface area contributed by atoms with E-state index < -0.39 is 0 Å². The van der Waals surface area contributed by atoms with E-state index in [1.54, 1.807) is 6.07 Å². The Morgan fingerprint density at radius 3 is 2.73 bits per heavy atom. The molecule has 0 radical (unpaired) electrons. The van der Waals surface area contributed by atoms with Crippen molar-refractivity contribution in [2.45, 2.75) is 25.9 Å². The lowest BCUT2D eigenvalue weighted by molar-refractivity contribution is 0.205. The molecule has 0 amide bonds. The smallest absolute Gasteiger partial charge is 0.138 e. The summed E-state index contributed by atoms with van der Waals surface area (Å²) < 4.78 is 5.71. The molecule has 1 atom stereocenters. The van der Waals surface area contributed by atoms with Crippen LogP contribution in [0.25, 0.3) is 0 Å². The fraction of sp³-hybridized carbons (Fsp3) is 0.364. The largest absolute Gasteiger partial charge is 0.488 e. The summed E-state index contributed by atoms with van der Waals surface area (Å²) in [5.41, 5.74) is 5.48. The second-order valence-corrected chi connectivity index (χ2v) is 4.18. The number of nitrogens with two attached hydrogens (primary N) is 1. The van der Waals surface area contributed by atoms with E-state index in [0.717, 1.165) is 6.42 Å². The van der Waals surface area contributed by atoms with Gasteiger partial charge in [-0.2, -0.15) is 0 Å². The van der Waals surface area contributed by atoms with Gasteiger partial charge in [-0.05, 0) is 18.6 Å². The maximum atomic E-state index is 5.97. The molecule has 2 N–H and O–H groups in total. The van der Waals surface area contributed by atoms with Gasteiger partial charge in [-0.1, -0.05) is 42.9 Å². The zero-order chi connectivity index (χ0) is 11.3. The molecule has 1 aromatic carbocycles. The fourth-order valence-electron chi connectivity index (χ4n) is 1.21. The summed E-state index contributed by atoms with van der Waals surface area (Å²) in [6, 6.07) is 7.38. The van der Waals surface area contributed by atoms with Crippen LogP contribution in [0.15, 0.2) is 24.3 Å². The van der Waals surface area contributed by atoms with Gasteiger partial charge in [0.2, 0.25) is 0 Å². The molecule has 0 saturated heterocycles. The van der Waals surface area contributed by atoms with E-state index >= 15 is 0 Å². The quantitative estimate of drug-likeness (QED) is 0.807. The molecule has 0 aliphatic heterocycles. The number of benzene rings is 1. The normalized spacial score (nSPS) is 12.1. The van der Waals surface area contributed by atoms with Gasteiger partial charge in [0.1, 0.15) is 11.9 Å². The lowest BCUT2D eigenvalue weighted by Gasteiger charge is -2.17. The average Bonchev–Trinajstić information content (AvgIpc) is 2.19. The minimum atomic E-state index is 0.00222. The lowest BCUT2D eigenvalue weighted by Crippen LogP contribution is -2.23. The SMILES string of the molecule is CCC(CC(N)=S)Oc1ccccc1Cl. The van der Waals surface area contributed by atoms with E-state index in [4.69, 9.17) is 34.3 Å². The molecule has 0 spiro atoms. The molecule has 0 aliphatic carbocycles. The van der Waals surface area contributed by atoms with E-state index in [0.29, 0.717) is 22.2 Å². The molecule has 15 heavy (non-hydrogen) atoms. The highest BCUT2D eigenvalue weighted by molar-refractivity contribution is 7.80. The van der Waals surface area contributed by atoms with Crippen molar-refractivity contribution in [1.29, 1.82) is 0 Å². The van der Waals surface area contributed by atoms with Gasteiger partial charge >= 0.3 is 0 Å². The number of para-hydroxylation sites is 1. The van der Waals surface area contributed by atoms with Crippen LogP contribution in [0, 0.1) is 0 Å². The Labute approximate surface area is 100 Å². The standard InChI is InChI=1S/C11H14ClNOS/c1-2-8(7-11(13)15)14-10-6-4-3-5-9(10)12/h3-6,8H,2,7H2,1H3,(H2,13,15). The van der Waals surface area contributed by atoms with Gasteiger partial charge in [-0.3, -0.25) is 0 Å². The molecule has 0 saturated carbocycles. The zero-order valence-electron chi connectivity index (χ0n) is 8.57. The Balaban J connectivity index is 2.66. The first kappa shape index (κ1) is 12.3. The summed E-state index contributed by atoms with van der Waals surface area (Å²) in [5.74, 6) is 0.683. The van der Waals surface area contributed by atoms with Crippen LogP contribution < -0.4 is 10.5 Å². The van der Waals surface area contributed by atoms with E-state index in [9.17, 15) is 0 Å². The molecular formula is C11H14ClNOS. The minimum absolute atomic E-state index is 0.00222. The maximum absolute atomic E-state index is 5.97. The van der Waals surface area contributed by atoms with Crippen molar-refractivity contribution in [2.75, 3.05) is 0 Å². The summed E-state index contributed by atoms with van der Waals surface area (Å²) in [5, 5.41) is 0.610. The van der Waals surface area contributed by atoms with Gasteiger partial charge < -0.3 is 10.5 Å². The monoisotopic (exact) mass is 243 g/mol. The molecule has 4 heteroatoms. The topological polar surface area (TPSA) is 35.2 Å². The first-order valence-corrected chi connectivity index (χ1v) is 5.61. The summed E-state index contributed by atoms with van der Waals surface area (Å²) in [4.78, 5) is 0.467. The van der Waals surface area contributed by atoms with Gasteiger partial charge in [0, 0.05) is 6.42 Å². The second kappa shape index (κ2) is 5.93. The summed E-state index contributed by atoms with van der Waals surface area (Å²) in [6.07, 6.45) is 1.43. The van der Waals surface area contributed by atoms with Crippen molar-refractivity contribution in [3.63, 3.8) is 0 Å². The highest BCUT2D eigenvalue weighted by Crippen LogP contribution is 2.25. The average molecular weight is 244 g/mol. The van der Waals surface area contributed by atoms with Crippen LogP contribution in [0.1, 0.15) is 19.8 Å². The van der Waals surface area contributed by atoms with Crippen molar-refractivity contribution in [3.8, 4) is 5.75 Å². The minimum Gasteiger partial charge on any atom is -0.488 e. The lowest BCUT2D eigenvalue weighted by atomic mass is 10.2. The first-order valence-electron chi connectivity index (χ1n) is 4.83. The Bertz CT molecular complexity index is 343. The van der Waals surface area contributed by atoms with Gasteiger partial charge in [0.15, 0.2) is 0 Å². The van der Waals surface area contributed by atoms with Crippen molar-refractivity contribution in [3.05, 3.63) is 29.3 Å². The molecule has 0 aromatic heterocycles.